The van der Waals surface area contributed by atoms with Gasteiger partial charge in [-0.15, -0.1) is 13.2 Å². The molecule has 0 aliphatic carbocycles. The molecular formula is C9H16O. The Morgan fingerprint density at radius 3 is 2.30 bits per heavy atom. The van der Waals surface area contributed by atoms with Gasteiger partial charge in [0.15, 0.2) is 0 Å². The van der Waals surface area contributed by atoms with Gasteiger partial charge >= 0.3 is 0 Å². The topological polar surface area (TPSA) is 20.2 Å². The molecule has 0 amide bonds. The number of aliphatic hydroxyl groups is 1. The molecule has 0 aliphatic rings. The van der Waals surface area contributed by atoms with E-state index in [4.69, 9.17) is 0 Å². The van der Waals surface area contributed by atoms with E-state index >= 15 is 0 Å². The summed E-state index contributed by atoms with van der Waals surface area (Å²) in [6.45, 7) is 11.1. The summed E-state index contributed by atoms with van der Waals surface area (Å²) < 4.78 is 0. The first kappa shape index (κ1) is 9.44. The van der Waals surface area contributed by atoms with Crippen LogP contribution in [0.1, 0.15) is 20.3 Å². The van der Waals surface area contributed by atoms with Gasteiger partial charge in [0, 0.05) is 0 Å². The number of hydrogen-bond donors (Lipinski definition) is 1. The maximum Gasteiger partial charge on any atom is 0.0772 e. The predicted octanol–water partition coefficient (Wildman–Crippen LogP) is 2.14. The number of hydrogen-bond acceptors (Lipinski definition) is 1. The third-order valence-corrected chi connectivity index (χ3v) is 1.69. The van der Waals surface area contributed by atoms with Crippen molar-refractivity contribution in [2.75, 3.05) is 0 Å². The predicted molar refractivity (Wildman–Crippen MR) is 44.8 cm³/mol. The van der Waals surface area contributed by atoms with Crippen LogP contribution in [-0.4, -0.2) is 11.2 Å². The molecule has 10 heavy (non-hydrogen) atoms. The Morgan fingerprint density at radius 1 is 1.50 bits per heavy atom. The van der Waals surface area contributed by atoms with Crippen molar-refractivity contribution in [3.8, 4) is 0 Å². The molecule has 1 heteroatoms. The van der Waals surface area contributed by atoms with Crippen molar-refractivity contribution in [1.29, 1.82) is 0 Å². The summed E-state index contributed by atoms with van der Waals surface area (Å²) in [7, 11) is 0. The first-order valence-electron chi connectivity index (χ1n) is 3.46. The summed E-state index contributed by atoms with van der Waals surface area (Å²) in [5.74, 6) is 0. The molecule has 0 aromatic carbocycles. The first-order chi connectivity index (χ1) is 4.54. The van der Waals surface area contributed by atoms with E-state index in [2.05, 4.69) is 13.2 Å². The highest BCUT2D eigenvalue weighted by Crippen LogP contribution is 2.25. The van der Waals surface area contributed by atoms with Gasteiger partial charge in [-0.2, -0.15) is 0 Å². The Labute approximate surface area is 63.1 Å². The van der Waals surface area contributed by atoms with Gasteiger partial charge in [0.1, 0.15) is 0 Å². The normalized spacial score (nSPS) is 14.3. The summed E-state index contributed by atoms with van der Waals surface area (Å²) in [6.07, 6.45) is 3.74. The molecule has 1 nitrogen and oxygen atoms in total. The van der Waals surface area contributed by atoms with E-state index in [0.717, 1.165) is 6.42 Å². The van der Waals surface area contributed by atoms with Crippen LogP contribution in [-0.2, 0) is 0 Å². The smallest absolute Gasteiger partial charge is 0.0772 e. The van der Waals surface area contributed by atoms with E-state index < -0.39 is 6.10 Å². The maximum atomic E-state index is 9.35. The van der Waals surface area contributed by atoms with Gasteiger partial charge in [-0.1, -0.05) is 26.0 Å². The largest absolute Gasteiger partial charge is 0.388 e. The number of allylic oxidation sites excluding steroid dienone is 1. The molecule has 0 aliphatic heterocycles. The van der Waals surface area contributed by atoms with Gasteiger partial charge in [-0.3, -0.25) is 0 Å². The van der Waals surface area contributed by atoms with Crippen molar-refractivity contribution >= 4 is 0 Å². The Morgan fingerprint density at radius 2 is 2.00 bits per heavy atom. The van der Waals surface area contributed by atoms with Crippen LogP contribution in [0.15, 0.2) is 25.3 Å². The maximum absolute atomic E-state index is 9.35. The molecule has 0 radical (unpaired) electrons. The molecule has 0 rings (SSSR count). The fourth-order valence-corrected chi connectivity index (χ4v) is 0.812. The summed E-state index contributed by atoms with van der Waals surface area (Å²) in [5, 5.41) is 9.35. The van der Waals surface area contributed by atoms with Crippen molar-refractivity contribution in [2.45, 2.75) is 26.4 Å². The van der Waals surface area contributed by atoms with Gasteiger partial charge in [0.2, 0.25) is 0 Å². The molecule has 0 aromatic heterocycles. The zero-order chi connectivity index (χ0) is 8.20. The highest BCUT2D eigenvalue weighted by molar-refractivity contribution is 4.93. The number of aliphatic hydroxyl groups excluding tert-OH is 1. The van der Waals surface area contributed by atoms with Crippen LogP contribution in [0.5, 0.6) is 0 Å². The fraction of sp³-hybridized carbons (Fsp3) is 0.556. The van der Waals surface area contributed by atoms with Crippen LogP contribution in [0.25, 0.3) is 0 Å². The van der Waals surface area contributed by atoms with E-state index in [0.29, 0.717) is 0 Å². The molecule has 1 atom stereocenters. The van der Waals surface area contributed by atoms with Gasteiger partial charge in [0.25, 0.3) is 0 Å². The highest BCUT2D eigenvalue weighted by atomic mass is 16.3. The van der Waals surface area contributed by atoms with E-state index in [1.807, 2.05) is 19.9 Å². The Bertz CT molecular complexity index is 125. The minimum atomic E-state index is -0.439. The van der Waals surface area contributed by atoms with E-state index in [9.17, 15) is 5.11 Å². The van der Waals surface area contributed by atoms with Gasteiger partial charge in [-0.25, -0.2) is 0 Å². The minimum Gasteiger partial charge on any atom is -0.388 e. The lowest BCUT2D eigenvalue weighted by molar-refractivity contribution is 0.0934. The Kier molecular flexibility index (Phi) is 3.37. The molecule has 0 fully saturated rings. The summed E-state index contributed by atoms with van der Waals surface area (Å²) >= 11 is 0. The van der Waals surface area contributed by atoms with Crippen LogP contribution in [0.2, 0.25) is 0 Å². The van der Waals surface area contributed by atoms with Crippen molar-refractivity contribution < 1.29 is 5.11 Å². The zero-order valence-corrected chi connectivity index (χ0v) is 6.80. The van der Waals surface area contributed by atoms with E-state index in [1.54, 1.807) is 6.08 Å². The van der Waals surface area contributed by atoms with Crippen LogP contribution < -0.4 is 0 Å². The third-order valence-electron chi connectivity index (χ3n) is 1.69. The molecule has 0 spiro atoms. The Balaban J connectivity index is 4.07. The van der Waals surface area contributed by atoms with Crippen LogP contribution in [0.3, 0.4) is 0 Å². The number of rotatable bonds is 4. The van der Waals surface area contributed by atoms with E-state index in [1.165, 1.54) is 0 Å². The van der Waals surface area contributed by atoms with Crippen molar-refractivity contribution in [2.24, 2.45) is 5.41 Å². The third kappa shape index (κ3) is 2.36. The van der Waals surface area contributed by atoms with Crippen LogP contribution in [0.4, 0.5) is 0 Å². The second kappa shape index (κ2) is 3.57. The monoisotopic (exact) mass is 140 g/mol. The lowest BCUT2D eigenvalue weighted by Gasteiger charge is -2.26. The Hall–Kier alpha value is -0.560. The van der Waals surface area contributed by atoms with Crippen LogP contribution >= 0.6 is 0 Å². The van der Waals surface area contributed by atoms with Crippen molar-refractivity contribution in [3.05, 3.63) is 25.3 Å². The molecule has 0 bridgehead atoms. The second-order valence-electron chi connectivity index (χ2n) is 3.16. The average molecular weight is 140 g/mol. The van der Waals surface area contributed by atoms with Gasteiger partial charge in [0.05, 0.1) is 6.10 Å². The van der Waals surface area contributed by atoms with Gasteiger partial charge < -0.3 is 5.11 Å². The molecule has 1 N–H and O–H groups in total. The second-order valence-corrected chi connectivity index (χ2v) is 3.16. The molecule has 0 saturated heterocycles. The lowest BCUT2D eigenvalue weighted by atomic mass is 9.83. The fourth-order valence-electron chi connectivity index (χ4n) is 0.812. The quantitative estimate of drug-likeness (QED) is 0.593. The van der Waals surface area contributed by atoms with Gasteiger partial charge in [-0.05, 0) is 11.8 Å². The van der Waals surface area contributed by atoms with E-state index in [-0.39, 0.29) is 5.41 Å². The lowest BCUT2D eigenvalue weighted by Crippen LogP contribution is -2.26. The SMILES string of the molecule is C=CCC(C)(C)C(O)C=C. The highest BCUT2D eigenvalue weighted by Gasteiger charge is 2.23. The summed E-state index contributed by atoms with van der Waals surface area (Å²) in [5.41, 5.74) is -0.122. The minimum absolute atomic E-state index is 0.122. The summed E-state index contributed by atoms with van der Waals surface area (Å²) in [6, 6.07) is 0. The molecule has 0 heterocycles. The zero-order valence-electron chi connectivity index (χ0n) is 6.80. The summed E-state index contributed by atoms with van der Waals surface area (Å²) in [4.78, 5) is 0. The standard InChI is InChI=1S/C9H16O/c1-5-7-9(3,4)8(10)6-2/h5-6,8,10H,1-2,7H2,3-4H3. The molecule has 0 saturated carbocycles. The van der Waals surface area contributed by atoms with Crippen molar-refractivity contribution in [3.63, 3.8) is 0 Å². The molecular weight excluding hydrogens is 124 g/mol. The molecule has 0 aromatic rings. The average Bonchev–Trinajstić information content (AvgIpc) is 1.86. The first-order valence-corrected chi connectivity index (χ1v) is 3.46. The molecule has 1 unspecified atom stereocenters. The van der Waals surface area contributed by atoms with Crippen LogP contribution in [0, 0.1) is 5.41 Å². The van der Waals surface area contributed by atoms with Crippen molar-refractivity contribution in [1.82, 2.24) is 0 Å². The molecule has 58 valence electrons.